The summed E-state index contributed by atoms with van der Waals surface area (Å²) in [5.41, 5.74) is 3.03. The van der Waals surface area contributed by atoms with E-state index >= 15 is 0 Å². The first-order chi connectivity index (χ1) is 19.3. The van der Waals surface area contributed by atoms with Crippen molar-refractivity contribution in [2.45, 2.75) is 65.2 Å². The molecule has 0 aliphatic carbocycles. The molecule has 0 bridgehead atoms. The highest BCUT2D eigenvalue weighted by Crippen LogP contribution is 2.33. The first-order valence-corrected chi connectivity index (χ1v) is 13.7. The molecule has 5 rings (SSSR count). The van der Waals surface area contributed by atoms with Crippen LogP contribution in [0.4, 0.5) is 0 Å². The molecule has 0 amide bonds. The lowest BCUT2D eigenvalue weighted by molar-refractivity contribution is 0.168. The van der Waals surface area contributed by atoms with Crippen LogP contribution in [0.15, 0.2) is 76.1 Å². The van der Waals surface area contributed by atoms with E-state index in [1.165, 1.54) is 5.56 Å². The highest BCUT2D eigenvalue weighted by atomic mass is 16.5. The lowest BCUT2D eigenvalue weighted by Crippen LogP contribution is -2.38. The molecule has 3 aromatic heterocycles. The number of fused-ring (bicyclic) bond motifs is 1. The minimum Gasteiger partial charge on any atom is -0.497 e. The van der Waals surface area contributed by atoms with E-state index in [2.05, 4.69) is 59.2 Å². The maximum Gasteiger partial charge on any atom is 0.253 e. The highest BCUT2D eigenvalue weighted by Gasteiger charge is 2.35. The van der Waals surface area contributed by atoms with Gasteiger partial charge in [0.2, 0.25) is 0 Å². The SMILES string of the molecule is CCc1ccc2[nH]c(=O)c([C@H](c3nnnn3C(C)(C)CC)N(Cc3cccc(OC)c3)Cc3ccco3)cc2c1. The molecule has 0 aliphatic rings. The maximum atomic E-state index is 13.8. The number of hydrogen-bond donors (Lipinski definition) is 1. The van der Waals surface area contributed by atoms with E-state index in [1.807, 2.05) is 59.3 Å². The summed E-state index contributed by atoms with van der Waals surface area (Å²) in [5.74, 6) is 2.13. The Kier molecular flexibility index (Phi) is 7.84. The molecule has 0 aliphatic heterocycles. The van der Waals surface area contributed by atoms with Gasteiger partial charge in [-0.05, 0) is 96.1 Å². The summed E-state index contributed by atoms with van der Waals surface area (Å²) in [4.78, 5) is 19.1. The molecule has 40 heavy (non-hydrogen) atoms. The second-order valence-corrected chi connectivity index (χ2v) is 10.7. The topological polar surface area (TPSA) is 102 Å². The summed E-state index contributed by atoms with van der Waals surface area (Å²) < 4.78 is 13.1. The molecule has 0 unspecified atom stereocenters. The van der Waals surface area contributed by atoms with Gasteiger partial charge in [0.1, 0.15) is 17.6 Å². The number of hydrogen-bond acceptors (Lipinski definition) is 7. The normalized spacial score (nSPS) is 12.8. The van der Waals surface area contributed by atoms with Crippen molar-refractivity contribution in [3.63, 3.8) is 0 Å². The number of aromatic nitrogens is 5. The van der Waals surface area contributed by atoms with Crippen LogP contribution in [0.1, 0.15) is 68.4 Å². The molecule has 208 valence electrons. The van der Waals surface area contributed by atoms with Gasteiger partial charge in [-0.15, -0.1) is 5.10 Å². The van der Waals surface area contributed by atoms with Crippen molar-refractivity contribution in [3.05, 3.63) is 106 Å². The monoisotopic (exact) mass is 540 g/mol. The molecule has 9 nitrogen and oxygen atoms in total. The zero-order valence-electron chi connectivity index (χ0n) is 23.7. The number of benzene rings is 2. The van der Waals surface area contributed by atoms with Crippen molar-refractivity contribution >= 4 is 10.9 Å². The zero-order valence-corrected chi connectivity index (χ0v) is 23.7. The Morgan fingerprint density at radius 3 is 2.62 bits per heavy atom. The van der Waals surface area contributed by atoms with E-state index in [0.717, 1.165) is 40.8 Å². The number of aryl methyl sites for hydroxylation is 1. The molecular formula is C31H36N6O3. The number of ether oxygens (including phenoxy) is 1. The Labute approximate surface area is 233 Å². The number of H-pyrrole nitrogens is 1. The van der Waals surface area contributed by atoms with Crippen molar-refractivity contribution in [1.29, 1.82) is 0 Å². The second-order valence-electron chi connectivity index (χ2n) is 10.7. The number of methoxy groups -OCH3 is 1. The van der Waals surface area contributed by atoms with Crippen LogP contribution in [-0.2, 0) is 25.0 Å². The van der Waals surface area contributed by atoms with Gasteiger partial charge in [-0.25, -0.2) is 4.68 Å². The van der Waals surface area contributed by atoms with Gasteiger partial charge in [-0.2, -0.15) is 0 Å². The van der Waals surface area contributed by atoms with E-state index in [-0.39, 0.29) is 11.1 Å². The van der Waals surface area contributed by atoms with Crippen molar-refractivity contribution in [2.24, 2.45) is 0 Å². The van der Waals surface area contributed by atoms with Gasteiger partial charge in [0.05, 0.1) is 25.5 Å². The third-order valence-electron chi connectivity index (χ3n) is 7.64. The molecule has 0 radical (unpaired) electrons. The first-order valence-electron chi connectivity index (χ1n) is 13.7. The molecule has 5 aromatic rings. The van der Waals surface area contributed by atoms with Gasteiger partial charge in [0, 0.05) is 17.6 Å². The lowest BCUT2D eigenvalue weighted by atomic mass is 9.98. The van der Waals surface area contributed by atoms with Gasteiger partial charge >= 0.3 is 0 Å². The summed E-state index contributed by atoms with van der Waals surface area (Å²) in [6.07, 6.45) is 3.37. The molecule has 1 N–H and O–H groups in total. The van der Waals surface area contributed by atoms with Crippen LogP contribution in [-0.4, -0.2) is 37.2 Å². The Morgan fingerprint density at radius 1 is 1.05 bits per heavy atom. The van der Waals surface area contributed by atoms with Crippen LogP contribution in [0.3, 0.4) is 0 Å². The Morgan fingerprint density at radius 2 is 1.90 bits per heavy atom. The van der Waals surface area contributed by atoms with E-state index in [9.17, 15) is 4.79 Å². The number of aromatic amines is 1. The van der Waals surface area contributed by atoms with Gasteiger partial charge in [0.15, 0.2) is 5.82 Å². The molecule has 0 saturated heterocycles. The minimum absolute atomic E-state index is 0.180. The molecule has 9 heteroatoms. The van der Waals surface area contributed by atoms with Crippen LogP contribution in [0.5, 0.6) is 5.75 Å². The highest BCUT2D eigenvalue weighted by molar-refractivity contribution is 5.80. The van der Waals surface area contributed by atoms with E-state index < -0.39 is 6.04 Å². The average Bonchev–Trinajstić information content (AvgIpc) is 3.66. The molecular weight excluding hydrogens is 504 g/mol. The van der Waals surface area contributed by atoms with Gasteiger partial charge < -0.3 is 14.1 Å². The number of pyridine rings is 1. The first kappa shape index (κ1) is 27.3. The fraction of sp³-hybridized carbons (Fsp3) is 0.355. The van der Waals surface area contributed by atoms with Crippen LogP contribution >= 0.6 is 0 Å². The predicted octanol–water partition coefficient (Wildman–Crippen LogP) is 5.62. The summed E-state index contributed by atoms with van der Waals surface area (Å²) in [7, 11) is 1.66. The lowest BCUT2D eigenvalue weighted by Gasteiger charge is -2.33. The predicted molar refractivity (Wildman–Crippen MR) is 154 cm³/mol. The summed E-state index contributed by atoms with van der Waals surface area (Å²) >= 11 is 0. The summed E-state index contributed by atoms with van der Waals surface area (Å²) in [6, 6.07) is 19.3. The van der Waals surface area contributed by atoms with Crippen molar-refractivity contribution < 1.29 is 9.15 Å². The van der Waals surface area contributed by atoms with E-state index in [4.69, 9.17) is 9.15 Å². The van der Waals surface area contributed by atoms with Crippen LogP contribution in [0.2, 0.25) is 0 Å². The maximum absolute atomic E-state index is 13.8. The third kappa shape index (κ3) is 5.56. The van der Waals surface area contributed by atoms with Crippen LogP contribution < -0.4 is 10.3 Å². The van der Waals surface area contributed by atoms with Gasteiger partial charge in [-0.3, -0.25) is 9.69 Å². The quantitative estimate of drug-likeness (QED) is 0.232. The van der Waals surface area contributed by atoms with E-state index in [1.54, 1.807) is 13.4 Å². The Hall–Kier alpha value is -4.24. The second kappa shape index (κ2) is 11.5. The van der Waals surface area contributed by atoms with E-state index in [0.29, 0.717) is 24.5 Å². The number of rotatable bonds is 11. The molecule has 0 fully saturated rings. The van der Waals surface area contributed by atoms with Gasteiger partial charge in [-0.1, -0.05) is 32.0 Å². The number of nitrogens with zero attached hydrogens (tertiary/aromatic N) is 5. The molecule has 0 spiro atoms. The Balaban J connectivity index is 1.73. The fourth-order valence-corrected chi connectivity index (χ4v) is 4.99. The largest absolute Gasteiger partial charge is 0.497 e. The van der Waals surface area contributed by atoms with Crippen LogP contribution in [0.25, 0.3) is 10.9 Å². The number of tetrazole rings is 1. The standard InChI is InChI=1S/C31H36N6O3/c1-6-21-13-14-27-23(16-21)18-26(30(38)32-27)28(29-33-34-35-37(29)31(3,4)7-2)36(20-25-12-9-15-40-25)19-22-10-8-11-24(17-22)39-5/h8-18,28H,6-7,19-20H2,1-5H3,(H,32,38)/t28-/m1/s1. The fourth-order valence-electron chi connectivity index (χ4n) is 4.99. The molecule has 0 saturated carbocycles. The zero-order chi connectivity index (χ0) is 28.3. The van der Waals surface area contributed by atoms with Gasteiger partial charge in [0.25, 0.3) is 5.56 Å². The van der Waals surface area contributed by atoms with Crippen molar-refractivity contribution in [1.82, 2.24) is 30.1 Å². The van der Waals surface area contributed by atoms with Crippen LogP contribution in [0, 0.1) is 0 Å². The summed E-state index contributed by atoms with van der Waals surface area (Å²) in [6.45, 7) is 9.35. The van der Waals surface area contributed by atoms with Crippen molar-refractivity contribution in [2.75, 3.05) is 7.11 Å². The van der Waals surface area contributed by atoms with Crippen molar-refractivity contribution in [3.8, 4) is 5.75 Å². The number of nitrogens with one attached hydrogen (secondary N) is 1. The average molecular weight is 541 g/mol. The molecule has 1 atom stereocenters. The number of furan rings is 1. The smallest absolute Gasteiger partial charge is 0.253 e. The molecule has 3 heterocycles. The summed E-state index contributed by atoms with van der Waals surface area (Å²) in [5, 5.41) is 14.0. The third-order valence-corrected chi connectivity index (χ3v) is 7.64. The Bertz CT molecular complexity index is 1640. The molecule has 2 aromatic carbocycles. The minimum atomic E-state index is -0.574.